The highest BCUT2D eigenvalue weighted by Crippen LogP contribution is 2.27. The van der Waals surface area contributed by atoms with Crippen molar-refractivity contribution in [1.29, 1.82) is 0 Å². The van der Waals surface area contributed by atoms with Crippen LogP contribution in [0.2, 0.25) is 0 Å². The van der Waals surface area contributed by atoms with Gasteiger partial charge in [-0.15, -0.1) is 0 Å². The zero-order chi connectivity index (χ0) is 12.0. The predicted octanol–water partition coefficient (Wildman–Crippen LogP) is 1.54. The van der Waals surface area contributed by atoms with Crippen LogP contribution in [0.15, 0.2) is 18.2 Å². The zero-order valence-corrected chi connectivity index (χ0v) is 10.1. The molecule has 0 spiro atoms. The lowest BCUT2D eigenvalue weighted by Crippen LogP contribution is -2.29. The minimum Gasteiger partial charge on any atom is -0.496 e. The molecule has 0 aromatic heterocycles. The summed E-state index contributed by atoms with van der Waals surface area (Å²) < 4.78 is 10.4. The van der Waals surface area contributed by atoms with E-state index in [-0.39, 0.29) is 6.04 Å². The molecule has 0 saturated heterocycles. The number of methoxy groups -OCH3 is 2. The van der Waals surface area contributed by atoms with E-state index in [1.54, 1.807) is 14.2 Å². The number of hydrogen-bond acceptors (Lipinski definition) is 4. The van der Waals surface area contributed by atoms with Crippen molar-refractivity contribution in [3.05, 3.63) is 29.3 Å². The Bertz CT molecular complexity index is 329. The molecule has 0 fully saturated rings. The SMILES string of the molecule is COCCC(NN)c1cc(C)ccc1OC. The normalized spacial score (nSPS) is 12.5. The molecule has 1 rings (SSSR count). The molecule has 0 heterocycles. The molecule has 3 N–H and O–H groups in total. The molecule has 16 heavy (non-hydrogen) atoms. The van der Waals surface area contributed by atoms with Gasteiger partial charge in [0.1, 0.15) is 5.75 Å². The molecule has 0 aliphatic carbocycles. The lowest BCUT2D eigenvalue weighted by molar-refractivity contribution is 0.182. The third-order valence-electron chi connectivity index (χ3n) is 2.57. The van der Waals surface area contributed by atoms with Crippen LogP contribution < -0.4 is 16.0 Å². The standard InChI is InChI=1S/C12H20N2O2/c1-9-4-5-12(16-3)10(8-9)11(14-13)6-7-15-2/h4-5,8,11,14H,6-7,13H2,1-3H3. The fourth-order valence-electron chi connectivity index (χ4n) is 1.69. The van der Waals surface area contributed by atoms with E-state index in [0.717, 1.165) is 17.7 Å². The van der Waals surface area contributed by atoms with Crippen LogP contribution in [0.25, 0.3) is 0 Å². The average Bonchev–Trinajstić information content (AvgIpc) is 2.30. The number of aryl methyl sites for hydroxylation is 1. The van der Waals surface area contributed by atoms with Gasteiger partial charge in [0.25, 0.3) is 0 Å². The van der Waals surface area contributed by atoms with Gasteiger partial charge in [-0.2, -0.15) is 0 Å². The first-order valence-corrected chi connectivity index (χ1v) is 5.32. The first-order valence-electron chi connectivity index (χ1n) is 5.32. The summed E-state index contributed by atoms with van der Waals surface area (Å²) in [7, 11) is 3.35. The molecule has 0 radical (unpaired) electrons. The van der Waals surface area contributed by atoms with Gasteiger partial charge in [0, 0.05) is 19.3 Å². The minimum absolute atomic E-state index is 0.0507. The van der Waals surface area contributed by atoms with Gasteiger partial charge in [0.05, 0.1) is 13.2 Å². The predicted molar refractivity (Wildman–Crippen MR) is 64.3 cm³/mol. The van der Waals surface area contributed by atoms with E-state index in [2.05, 4.69) is 11.5 Å². The van der Waals surface area contributed by atoms with Crippen molar-refractivity contribution in [3.8, 4) is 5.75 Å². The Labute approximate surface area is 96.7 Å². The Morgan fingerprint density at radius 2 is 2.12 bits per heavy atom. The van der Waals surface area contributed by atoms with Crippen LogP contribution in [-0.4, -0.2) is 20.8 Å². The maximum absolute atomic E-state index is 5.56. The van der Waals surface area contributed by atoms with Crippen molar-refractivity contribution >= 4 is 0 Å². The third kappa shape index (κ3) is 3.20. The molecule has 1 unspecified atom stereocenters. The number of nitrogens with two attached hydrogens (primary N) is 1. The Balaban J connectivity index is 2.92. The van der Waals surface area contributed by atoms with E-state index >= 15 is 0 Å². The summed E-state index contributed by atoms with van der Waals surface area (Å²) in [5.74, 6) is 6.41. The van der Waals surface area contributed by atoms with E-state index in [0.29, 0.717) is 6.61 Å². The van der Waals surface area contributed by atoms with Crippen molar-refractivity contribution in [2.45, 2.75) is 19.4 Å². The molecule has 0 bridgehead atoms. The van der Waals surface area contributed by atoms with Crippen LogP contribution in [0.4, 0.5) is 0 Å². The van der Waals surface area contributed by atoms with Gasteiger partial charge < -0.3 is 9.47 Å². The van der Waals surface area contributed by atoms with Gasteiger partial charge >= 0.3 is 0 Å². The molecule has 0 amide bonds. The Kier molecular flexibility index (Phi) is 5.25. The largest absolute Gasteiger partial charge is 0.496 e. The summed E-state index contributed by atoms with van der Waals surface area (Å²) in [6, 6.07) is 6.11. The van der Waals surface area contributed by atoms with E-state index in [1.807, 2.05) is 19.1 Å². The number of hydrogen-bond donors (Lipinski definition) is 2. The van der Waals surface area contributed by atoms with Crippen molar-refractivity contribution in [1.82, 2.24) is 5.43 Å². The van der Waals surface area contributed by atoms with Crippen LogP contribution in [0.3, 0.4) is 0 Å². The Hall–Kier alpha value is -1.10. The van der Waals surface area contributed by atoms with Gasteiger partial charge in [0.2, 0.25) is 0 Å². The van der Waals surface area contributed by atoms with Crippen LogP contribution in [0, 0.1) is 6.92 Å². The monoisotopic (exact) mass is 224 g/mol. The molecular weight excluding hydrogens is 204 g/mol. The molecule has 0 saturated carbocycles. The summed E-state index contributed by atoms with van der Waals surface area (Å²) in [4.78, 5) is 0. The molecular formula is C12H20N2O2. The highest BCUT2D eigenvalue weighted by molar-refractivity contribution is 5.39. The Morgan fingerprint density at radius 1 is 1.38 bits per heavy atom. The average molecular weight is 224 g/mol. The van der Waals surface area contributed by atoms with Crippen LogP contribution in [-0.2, 0) is 4.74 Å². The fraction of sp³-hybridized carbons (Fsp3) is 0.500. The molecule has 1 aromatic rings. The van der Waals surface area contributed by atoms with Crippen molar-refractivity contribution in [3.63, 3.8) is 0 Å². The highest BCUT2D eigenvalue weighted by atomic mass is 16.5. The smallest absolute Gasteiger partial charge is 0.123 e. The van der Waals surface area contributed by atoms with Gasteiger partial charge in [-0.25, -0.2) is 0 Å². The topological polar surface area (TPSA) is 56.5 Å². The maximum Gasteiger partial charge on any atom is 0.123 e. The van der Waals surface area contributed by atoms with E-state index in [4.69, 9.17) is 15.3 Å². The first kappa shape index (κ1) is 13.0. The molecule has 1 aromatic carbocycles. The summed E-state index contributed by atoms with van der Waals surface area (Å²) in [5.41, 5.74) is 5.05. The van der Waals surface area contributed by atoms with E-state index in [9.17, 15) is 0 Å². The molecule has 1 atom stereocenters. The second kappa shape index (κ2) is 6.48. The van der Waals surface area contributed by atoms with Gasteiger partial charge in [-0.3, -0.25) is 11.3 Å². The molecule has 0 aliphatic rings. The lowest BCUT2D eigenvalue weighted by Gasteiger charge is -2.19. The molecule has 0 aliphatic heterocycles. The van der Waals surface area contributed by atoms with Crippen LogP contribution in [0.1, 0.15) is 23.6 Å². The summed E-state index contributed by atoms with van der Waals surface area (Å²) in [6.07, 6.45) is 0.812. The van der Waals surface area contributed by atoms with Gasteiger partial charge in [0.15, 0.2) is 0 Å². The second-order valence-electron chi connectivity index (χ2n) is 3.75. The van der Waals surface area contributed by atoms with E-state index < -0.39 is 0 Å². The molecule has 4 nitrogen and oxygen atoms in total. The summed E-state index contributed by atoms with van der Waals surface area (Å²) >= 11 is 0. The number of hydrazine groups is 1. The summed E-state index contributed by atoms with van der Waals surface area (Å²) in [5, 5.41) is 0. The van der Waals surface area contributed by atoms with Crippen LogP contribution in [0.5, 0.6) is 5.75 Å². The van der Waals surface area contributed by atoms with Crippen LogP contribution >= 0.6 is 0 Å². The van der Waals surface area contributed by atoms with Gasteiger partial charge in [-0.1, -0.05) is 17.7 Å². The number of nitrogens with one attached hydrogen (secondary N) is 1. The number of ether oxygens (including phenoxy) is 2. The first-order chi connectivity index (χ1) is 7.72. The zero-order valence-electron chi connectivity index (χ0n) is 10.1. The Morgan fingerprint density at radius 3 is 2.69 bits per heavy atom. The second-order valence-corrected chi connectivity index (χ2v) is 3.75. The quantitative estimate of drug-likeness (QED) is 0.568. The van der Waals surface area contributed by atoms with E-state index in [1.165, 1.54) is 5.56 Å². The fourth-order valence-corrected chi connectivity index (χ4v) is 1.69. The third-order valence-corrected chi connectivity index (χ3v) is 2.57. The van der Waals surface area contributed by atoms with Crippen molar-refractivity contribution < 1.29 is 9.47 Å². The van der Waals surface area contributed by atoms with Crippen molar-refractivity contribution in [2.24, 2.45) is 5.84 Å². The minimum atomic E-state index is 0.0507. The number of rotatable bonds is 6. The van der Waals surface area contributed by atoms with Gasteiger partial charge in [-0.05, 0) is 19.4 Å². The highest BCUT2D eigenvalue weighted by Gasteiger charge is 2.14. The molecule has 90 valence electrons. The maximum atomic E-state index is 5.56. The molecule has 4 heteroatoms. The van der Waals surface area contributed by atoms with Crippen molar-refractivity contribution in [2.75, 3.05) is 20.8 Å². The summed E-state index contributed by atoms with van der Waals surface area (Å²) in [6.45, 7) is 2.71. The number of benzene rings is 1. The lowest BCUT2D eigenvalue weighted by atomic mass is 10.0.